The number of piperidine rings is 2. The van der Waals surface area contributed by atoms with Gasteiger partial charge in [0.15, 0.2) is 0 Å². The van der Waals surface area contributed by atoms with Gasteiger partial charge in [-0.25, -0.2) is 0 Å². The summed E-state index contributed by atoms with van der Waals surface area (Å²) < 4.78 is 6.08. The van der Waals surface area contributed by atoms with Crippen molar-refractivity contribution in [1.29, 1.82) is 0 Å². The van der Waals surface area contributed by atoms with E-state index in [0.29, 0.717) is 11.3 Å². The molecule has 162 valence electrons. The van der Waals surface area contributed by atoms with E-state index in [2.05, 4.69) is 78.2 Å². The van der Waals surface area contributed by atoms with E-state index >= 15 is 0 Å². The summed E-state index contributed by atoms with van der Waals surface area (Å²) in [6.45, 7) is 12.3. The number of benzene rings is 2. The predicted molar refractivity (Wildman–Crippen MR) is 125 cm³/mol. The average Bonchev–Trinajstić information content (AvgIpc) is 2.77. The summed E-state index contributed by atoms with van der Waals surface area (Å²) in [4.78, 5) is 5.29. The van der Waals surface area contributed by atoms with Crippen LogP contribution in [0.4, 0.5) is 0 Å². The first-order chi connectivity index (χ1) is 14.6. The number of hydrogen-bond acceptors (Lipinski definition) is 3. The van der Waals surface area contributed by atoms with Gasteiger partial charge in [-0.05, 0) is 74.8 Å². The number of ether oxygens (including phenoxy) is 1. The molecule has 2 fully saturated rings. The third kappa shape index (κ3) is 5.65. The molecule has 2 heterocycles. The molecule has 4 rings (SSSR count). The minimum absolute atomic E-state index is 0.556. The Bertz CT molecular complexity index is 770. The lowest BCUT2D eigenvalue weighted by molar-refractivity contribution is 0.0297. The standard InChI is InChI=1S/C27H38N2O/c1-23(2)22-30-26-11-7-6-10-25(26)21-29-18-14-27(15-19-29)12-16-28(17-13-27)20-24-8-4-3-5-9-24/h3-11,23H,12-22H2,1-2H3. The van der Waals surface area contributed by atoms with Crippen LogP contribution in [0, 0.1) is 11.3 Å². The predicted octanol–water partition coefficient (Wildman–Crippen LogP) is 5.60. The van der Waals surface area contributed by atoms with Crippen LogP contribution in [0.5, 0.6) is 5.75 Å². The van der Waals surface area contributed by atoms with E-state index in [1.165, 1.54) is 63.0 Å². The van der Waals surface area contributed by atoms with Crippen LogP contribution in [0.2, 0.25) is 0 Å². The molecule has 0 aromatic heterocycles. The van der Waals surface area contributed by atoms with E-state index in [4.69, 9.17) is 4.74 Å². The fourth-order valence-electron chi connectivity index (χ4n) is 4.99. The maximum Gasteiger partial charge on any atom is 0.123 e. The van der Waals surface area contributed by atoms with Gasteiger partial charge in [-0.1, -0.05) is 62.4 Å². The molecule has 0 aliphatic carbocycles. The number of nitrogens with zero attached hydrogens (tertiary/aromatic N) is 2. The fourth-order valence-corrected chi connectivity index (χ4v) is 4.99. The summed E-state index contributed by atoms with van der Waals surface area (Å²) in [6, 6.07) is 19.5. The highest BCUT2D eigenvalue weighted by molar-refractivity contribution is 5.33. The third-order valence-electron chi connectivity index (χ3n) is 7.02. The van der Waals surface area contributed by atoms with Gasteiger partial charge in [0.25, 0.3) is 0 Å². The molecule has 3 heteroatoms. The van der Waals surface area contributed by atoms with E-state index in [1.54, 1.807) is 0 Å². The van der Waals surface area contributed by atoms with E-state index in [1.807, 2.05) is 0 Å². The summed E-state index contributed by atoms with van der Waals surface area (Å²) in [6.07, 6.45) is 5.42. The second kappa shape index (κ2) is 9.98. The van der Waals surface area contributed by atoms with Gasteiger partial charge < -0.3 is 4.74 Å². The van der Waals surface area contributed by atoms with Crippen LogP contribution in [0.25, 0.3) is 0 Å². The van der Waals surface area contributed by atoms with Gasteiger partial charge in [0.2, 0.25) is 0 Å². The third-order valence-corrected chi connectivity index (χ3v) is 7.02. The van der Waals surface area contributed by atoms with Gasteiger partial charge >= 0.3 is 0 Å². The van der Waals surface area contributed by atoms with E-state index in [-0.39, 0.29) is 0 Å². The number of hydrogen-bond donors (Lipinski definition) is 0. The summed E-state index contributed by atoms with van der Waals surface area (Å²) in [5.74, 6) is 1.63. The Morgan fingerprint density at radius 3 is 1.97 bits per heavy atom. The molecular weight excluding hydrogens is 368 g/mol. The van der Waals surface area contributed by atoms with Gasteiger partial charge in [-0.3, -0.25) is 9.80 Å². The minimum atomic E-state index is 0.556. The molecule has 30 heavy (non-hydrogen) atoms. The van der Waals surface area contributed by atoms with Crippen molar-refractivity contribution in [2.75, 3.05) is 32.8 Å². The number of rotatable bonds is 7. The first-order valence-electron chi connectivity index (χ1n) is 11.8. The van der Waals surface area contributed by atoms with Crippen molar-refractivity contribution in [3.63, 3.8) is 0 Å². The highest BCUT2D eigenvalue weighted by Crippen LogP contribution is 2.42. The number of likely N-dealkylation sites (tertiary alicyclic amines) is 2. The zero-order chi connectivity index (χ0) is 20.8. The lowest BCUT2D eigenvalue weighted by atomic mass is 9.71. The zero-order valence-electron chi connectivity index (χ0n) is 18.9. The molecule has 0 unspecified atom stereocenters. The van der Waals surface area contributed by atoms with Crippen molar-refractivity contribution >= 4 is 0 Å². The quantitative estimate of drug-likeness (QED) is 0.595. The Balaban J connectivity index is 1.26. The van der Waals surface area contributed by atoms with Gasteiger partial charge in [-0.15, -0.1) is 0 Å². The van der Waals surface area contributed by atoms with Crippen molar-refractivity contribution < 1.29 is 4.74 Å². The molecule has 2 aliphatic heterocycles. The monoisotopic (exact) mass is 406 g/mol. The van der Waals surface area contributed by atoms with Crippen molar-refractivity contribution in [2.24, 2.45) is 11.3 Å². The van der Waals surface area contributed by atoms with Gasteiger partial charge in [0.05, 0.1) is 6.61 Å². The molecule has 0 saturated carbocycles. The first-order valence-corrected chi connectivity index (χ1v) is 11.8. The maximum atomic E-state index is 6.08. The van der Waals surface area contributed by atoms with Crippen LogP contribution in [0.3, 0.4) is 0 Å². The first kappa shape index (κ1) is 21.4. The van der Waals surface area contributed by atoms with Crippen LogP contribution in [-0.2, 0) is 13.1 Å². The Kier molecular flexibility index (Phi) is 7.12. The summed E-state index contributed by atoms with van der Waals surface area (Å²) in [5, 5.41) is 0. The van der Waals surface area contributed by atoms with Gasteiger partial charge in [0, 0.05) is 18.7 Å². The Labute approximate surface area is 183 Å². The lowest BCUT2D eigenvalue weighted by Gasteiger charge is -2.47. The van der Waals surface area contributed by atoms with Crippen molar-refractivity contribution in [2.45, 2.75) is 52.6 Å². The smallest absolute Gasteiger partial charge is 0.123 e. The Morgan fingerprint density at radius 2 is 1.33 bits per heavy atom. The van der Waals surface area contributed by atoms with Crippen LogP contribution in [-0.4, -0.2) is 42.6 Å². The molecule has 0 atom stereocenters. The highest BCUT2D eigenvalue weighted by Gasteiger charge is 2.37. The molecule has 0 bridgehead atoms. The van der Waals surface area contributed by atoms with Gasteiger partial charge in [-0.2, -0.15) is 0 Å². The van der Waals surface area contributed by atoms with Gasteiger partial charge in [0.1, 0.15) is 5.75 Å². The molecular formula is C27H38N2O. The zero-order valence-corrected chi connectivity index (χ0v) is 18.9. The van der Waals surface area contributed by atoms with E-state index in [0.717, 1.165) is 25.4 Å². The van der Waals surface area contributed by atoms with E-state index < -0.39 is 0 Å². The molecule has 2 aromatic rings. The topological polar surface area (TPSA) is 15.7 Å². The summed E-state index contributed by atoms with van der Waals surface area (Å²) in [7, 11) is 0. The number of para-hydroxylation sites is 1. The second-order valence-corrected chi connectivity index (χ2v) is 9.85. The van der Waals surface area contributed by atoms with Crippen LogP contribution >= 0.6 is 0 Å². The lowest BCUT2D eigenvalue weighted by Crippen LogP contribution is -2.46. The molecule has 0 radical (unpaired) electrons. The SMILES string of the molecule is CC(C)COc1ccccc1CN1CCC2(CCN(Cc3ccccc3)CC2)CC1. The van der Waals surface area contributed by atoms with Crippen LogP contribution in [0.1, 0.15) is 50.7 Å². The molecule has 3 nitrogen and oxygen atoms in total. The molecule has 2 aromatic carbocycles. The highest BCUT2D eigenvalue weighted by atomic mass is 16.5. The Hall–Kier alpha value is -1.84. The van der Waals surface area contributed by atoms with E-state index in [9.17, 15) is 0 Å². The fraction of sp³-hybridized carbons (Fsp3) is 0.556. The second-order valence-electron chi connectivity index (χ2n) is 9.85. The van der Waals surface area contributed by atoms with Crippen LogP contribution < -0.4 is 4.74 Å². The van der Waals surface area contributed by atoms with Crippen LogP contribution in [0.15, 0.2) is 54.6 Å². The maximum absolute atomic E-state index is 6.08. The van der Waals surface area contributed by atoms with Crippen molar-refractivity contribution in [3.8, 4) is 5.75 Å². The van der Waals surface area contributed by atoms with Crippen molar-refractivity contribution in [3.05, 3.63) is 65.7 Å². The molecule has 0 amide bonds. The normalized spacial score (nSPS) is 20.0. The molecule has 1 spiro atoms. The van der Waals surface area contributed by atoms with Crippen molar-refractivity contribution in [1.82, 2.24) is 9.80 Å². The minimum Gasteiger partial charge on any atom is -0.493 e. The average molecular weight is 407 g/mol. The molecule has 2 saturated heterocycles. The molecule has 0 N–H and O–H groups in total. The summed E-state index contributed by atoms with van der Waals surface area (Å²) in [5.41, 5.74) is 3.37. The molecule has 2 aliphatic rings. The largest absolute Gasteiger partial charge is 0.493 e. The Morgan fingerprint density at radius 1 is 0.767 bits per heavy atom. The summed E-state index contributed by atoms with van der Waals surface area (Å²) >= 11 is 0.